The van der Waals surface area contributed by atoms with Crippen LogP contribution < -0.4 is 14.5 Å². The number of carbonyl (C=O) groups excluding carboxylic acids is 1. The first-order valence-electron chi connectivity index (χ1n) is 8.41. The smallest absolute Gasteiger partial charge is 0.308 e. The summed E-state index contributed by atoms with van der Waals surface area (Å²) >= 11 is 1.13. The Kier molecular flexibility index (Phi) is 4.31. The van der Waals surface area contributed by atoms with E-state index in [1.165, 1.54) is 16.7 Å². The van der Waals surface area contributed by atoms with Gasteiger partial charge in [-0.05, 0) is 42.0 Å². The number of hydrogen-bond acceptors (Lipinski definition) is 4. The fourth-order valence-electron chi connectivity index (χ4n) is 3.39. The van der Waals surface area contributed by atoms with E-state index in [-0.39, 0.29) is 28.9 Å². The number of rotatable bonds is 3. The SMILES string of the molecule is COc1ccc(N2C(=O)C[C@H](c3ccc(F)cc3)c3sc(=O)n(C)c32)cc1. The second kappa shape index (κ2) is 6.66. The van der Waals surface area contributed by atoms with Crippen molar-refractivity contribution in [2.24, 2.45) is 7.05 Å². The number of fused-ring (bicyclic) bond motifs is 1. The number of amides is 1. The number of carbonyl (C=O) groups is 1. The lowest BCUT2D eigenvalue weighted by Gasteiger charge is -2.32. The van der Waals surface area contributed by atoms with Crippen LogP contribution in [0.5, 0.6) is 5.75 Å². The lowest BCUT2D eigenvalue weighted by atomic mass is 9.90. The van der Waals surface area contributed by atoms with Crippen molar-refractivity contribution in [2.75, 3.05) is 12.0 Å². The fourth-order valence-corrected chi connectivity index (χ4v) is 4.48. The first-order valence-corrected chi connectivity index (χ1v) is 9.23. The Balaban J connectivity index is 1.85. The maximum atomic E-state index is 13.3. The first kappa shape index (κ1) is 17.5. The minimum atomic E-state index is -0.331. The topological polar surface area (TPSA) is 51.5 Å². The van der Waals surface area contributed by atoms with E-state index < -0.39 is 0 Å². The molecule has 0 aliphatic carbocycles. The van der Waals surface area contributed by atoms with Crippen LogP contribution in [-0.4, -0.2) is 17.6 Å². The summed E-state index contributed by atoms with van der Waals surface area (Å²) in [5.74, 6) is 0.548. The van der Waals surface area contributed by atoms with Gasteiger partial charge in [-0.3, -0.25) is 19.1 Å². The Morgan fingerprint density at radius 2 is 1.74 bits per heavy atom. The van der Waals surface area contributed by atoms with Gasteiger partial charge in [-0.2, -0.15) is 0 Å². The molecule has 1 amide bonds. The molecule has 4 rings (SSSR count). The van der Waals surface area contributed by atoms with Gasteiger partial charge in [-0.1, -0.05) is 23.5 Å². The highest BCUT2D eigenvalue weighted by Crippen LogP contribution is 2.44. The Morgan fingerprint density at radius 3 is 2.37 bits per heavy atom. The van der Waals surface area contributed by atoms with Gasteiger partial charge in [0.25, 0.3) is 0 Å². The minimum absolute atomic E-state index is 0.115. The molecular weight excluding hydrogens is 367 g/mol. The molecule has 3 aromatic rings. The highest BCUT2D eigenvalue weighted by molar-refractivity contribution is 7.10. The van der Waals surface area contributed by atoms with Crippen LogP contribution in [0.4, 0.5) is 15.9 Å². The maximum Gasteiger partial charge on any atom is 0.308 e. The van der Waals surface area contributed by atoms with Gasteiger partial charge < -0.3 is 4.74 Å². The molecule has 2 aromatic carbocycles. The Labute approximate surface area is 159 Å². The molecule has 5 nitrogen and oxygen atoms in total. The molecule has 27 heavy (non-hydrogen) atoms. The van der Waals surface area contributed by atoms with Gasteiger partial charge in [0, 0.05) is 19.4 Å². The van der Waals surface area contributed by atoms with Gasteiger partial charge >= 0.3 is 4.87 Å². The van der Waals surface area contributed by atoms with E-state index in [4.69, 9.17) is 4.74 Å². The number of nitrogens with zero attached hydrogens (tertiary/aromatic N) is 2. The van der Waals surface area contributed by atoms with E-state index in [0.29, 0.717) is 17.3 Å². The molecule has 138 valence electrons. The predicted octanol–water partition coefficient (Wildman–Crippen LogP) is 3.79. The van der Waals surface area contributed by atoms with Crippen molar-refractivity contribution in [1.82, 2.24) is 4.57 Å². The Hall–Kier alpha value is -2.93. The standard InChI is InChI=1S/C20H17FN2O3S/c1-22-19-18(27-20(22)25)16(12-3-5-13(21)6-4-12)11-17(24)23(19)14-7-9-15(26-2)10-8-14/h3-10,16H,11H2,1-2H3/t16-/m1/s1. The normalized spacial score (nSPS) is 16.3. The molecule has 0 bridgehead atoms. The van der Waals surface area contributed by atoms with Gasteiger partial charge in [-0.25, -0.2) is 4.39 Å². The highest BCUT2D eigenvalue weighted by atomic mass is 32.1. The van der Waals surface area contributed by atoms with E-state index in [1.807, 2.05) is 0 Å². The lowest BCUT2D eigenvalue weighted by Crippen LogP contribution is -2.34. The summed E-state index contributed by atoms with van der Waals surface area (Å²) in [7, 11) is 3.24. The molecule has 7 heteroatoms. The van der Waals surface area contributed by atoms with Gasteiger partial charge in [0.15, 0.2) is 0 Å². The van der Waals surface area contributed by atoms with Crippen molar-refractivity contribution in [3.8, 4) is 5.75 Å². The van der Waals surface area contributed by atoms with Gasteiger partial charge in [0.1, 0.15) is 17.4 Å². The summed E-state index contributed by atoms with van der Waals surface area (Å²) in [6.07, 6.45) is 0.213. The zero-order valence-corrected chi connectivity index (χ0v) is 15.6. The summed E-state index contributed by atoms with van der Waals surface area (Å²) in [6.45, 7) is 0. The van der Waals surface area contributed by atoms with Crippen LogP contribution in [0.15, 0.2) is 53.3 Å². The summed E-state index contributed by atoms with van der Waals surface area (Å²) in [5.41, 5.74) is 1.50. The number of aromatic nitrogens is 1. The van der Waals surface area contributed by atoms with Crippen molar-refractivity contribution >= 4 is 28.7 Å². The molecule has 1 atom stereocenters. The summed E-state index contributed by atoms with van der Waals surface area (Å²) < 4.78 is 20.0. The van der Waals surface area contributed by atoms with E-state index >= 15 is 0 Å². The van der Waals surface area contributed by atoms with Crippen LogP contribution in [0.3, 0.4) is 0 Å². The zero-order valence-electron chi connectivity index (χ0n) is 14.8. The zero-order chi connectivity index (χ0) is 19.1. The fraction of sp³-hybridized carbons (Fsp3) is 0.200. The average Bonchev–Trinajstić information content (AvgIpc) is 2.97. The number of halogens is 1. The molecule has 0 radical (unpaired) electrons. The van der Waals surface area contributed by atoms with E-state index in [2.05, 4.69) is 0 Å². The molecule has 2 heterocycles. The summed E-state index contributed by atoms with van der Waals surface area (Å²) in [5, 5.41) is 0. The lowest BCUT2D eigenvalue weighted by molar-refractivity contribution is -0.118. The first-order chi connectivity index (χ1) is 13.0. The molecule has 0 fully saturated rings. The van der Waals surface area contributed by atoms with Crippen molar-refractivity contribution in [2.45, 2.75) is 12.3 Å². The van der Waals surface area contributed by atoms with Crippen LogP contribution in [-0.2, 0) is 11.8 Å². The molecule has 1 aliphatic heterocycles. The van der Waals surface area contributed by atoms with Crippen LogP contribution in [0.2, 0.25) is 0 Å². The van der Waals surface area contributed by atoms with Crippen LogP contribution >= 0.6 is 11.3 Å². The number of thiazole rings is 1. The van der Waals surface area contributed by atoms with Gasteiger partial charge in [-0.15, -0.1) is 0 Å². The molecule has 0 saturated heterocycles. The molecule has 0 spiro atoms. The third-order valence-electron chi connectivity index (χ3n) is 4.77. The van der Waals surface area contributed by atoms with Crippen molar-refractivity contribution < 1.29 is 13.9 Å². The van der Waals surface area contributed by atoms with Crippen LogP contribution in [0.25, 0.3) is 0 Å². The molecule has 1 aromatic heterocycles. The van der Waals surface area contributed by atoms with E-state index in [9.17, 15) is 14.0 Å². The van der Waals surface area contributed by atoms with Crippen molar-refractivity contribution in [3.05, 3.63) is 74.5 Å². The number of hydrogen-bond donors (Lipinski definition) is 0. The quantitative estimate of drug-likeness (QED) is 0.690. The largest absolute Gasteiger partial charge is 0.497 e. The van der Waals surface area contributed by atoms with E-state index in [1.54, 1.807) is 55.5 Å². The van der Waals surface area contributed by atoms with Crippen LogP contribution in [0.1, 0.15) is 22.8 Å². The second-order valence-corrected chi connectivity index (χ2v) is 7.34. The molecular formula is C20H17FN2O3S. The predicted molar refractivity (Wildman–Crippen MR) is 103 cm³/mol. The third-order valence-corrected chi connectivity index (χ3v) is 5.90. The minimum Gasteiger partial charge on any atom is -0.497 e. The number of methoxy groups -OCH3 is 1. The number of benzene rings is 2. The Bertz CT molecular complexity index is 1050. The number of anilines is 2. The van der Waals surface area contributed by atoms with Crippen molar-refractivity contribution in [3.63, 3.8) is 0 Å². The average molecular weight is 384 g/mol. The Morgan fingerprint density at radius 1 is 1.07 bits per heavy atom. The van der Waals surface area contributed by atoms with Crippen LogP contribution in [0, 0.1) is 5.82 Å². The van der Waals surface area contributed by atoms with E-state index in [0.717, 1.165) is 21.8 Å². The second-order valence-electron chi connectivity index (χ2n) is 6.35. The third kappa shape index (κ3) is 2.94. The van der Waals surface area contributed by atoms with Gasteiger partial charge in [0.05, 0.1) is 17.7 Å². The molecule has 0 unspecified atom stereocenters. The summed E-state index contributed by atoms with van der Waals surface area (Å²) in [6, 6.07) is 13.2. The maximum absolute atomic E-state index is 13.3. The monoisotopic (exact) mass is 384 g/mol. The van der Waals surface area contributed by atoms with Crippen molar-refractivity contribution in [1.29, 1.82) is 0 Å². The molecule has 1 aliphatic rings. The number of ether oxygens (including phenoxy) is 1. The summed E-state index contributed by atoms with van der Waals surface area (Å²) in [4.78, 5) is 27.7. The van der Waals surface area contributed by atoms with Gasteiger partial charge in [0.2, 0.25) is 5.91 Å². The highest BCUT2D eigenvalue weighted by Gasteiger charge is 2.37. The molecule has 0 saturated carbocycles. The molecule has 0 N–H and O–H groups in total.